The molecular formula is C21H25N3O2. The van der Waals surface area contributed by atoms with E-state index in [0.717, 1.165) is 17.7 Å². The number of rotatable bonds is 7. The average molecular weight is 351 g/mol. The molecule has 5 heteroatoms. The monoisotopic (exact) mass is 351 g/mol. The molecular weight excluding hydrogens is 326 g/mol. The summed E-state index contributed by atoms with van der Waals surface area (Å²) in [6, 6.07) is 14.1. The number of para-hydroxylation sites is 1. The number of aromatic amines is 1. The van der Waals surface area contributed by atoms with E-state index in [1.54, 1.807) is 0 Å². The molecule has 0 fully saturated rings. The number of benzene rings is 2. The van der Waals surface area contributed by atoms with Crippen LogP contribution in [0.5, 0.6) is 5.75 Å². The number of aryl methyl sites for hydroxylation is 2. The Bertz CT molecular complexity index is 866. The number of H-pyrrole nitrogens is 1. The molecule has 136 valence electrons. The van der Waals surface area contributed by atoms with Gasteiger partial charge in [0.05, 0.1) is 6.54 Å². The lowest BCUT2D eigenvalue weighted by Gasteiger charge is -2.10. The van der Waals surface area contributed by atoms with Gasteiger partial charge in [-0.05, 0) is 55.2 Å². The molecule has 0 radical (unpaired) electrons. The van der Waals surface area contributed by atoms with Gasteiger partial charge in [-0.1, -0.05) is 24.3 Å². The van der Waals surface area contributed by atoms with E-state index in [4.69, 9.17) is 4.74 Å². The highest BCUT2D eigenvalue weighted by Gasteiger charge is 2.04. The second-order valence-corrected chi connectivity index (χ2v) is 6.46. The van der Waals surface area contributed by atoms with E-state index in [2.05, 4.69) is 33.8 Å². The topological polar surface area (TPSA) is 66.2 Å². The fourth-order valence-electron chi connectivity index (χ4n) is 3.06. The number of ether oxygens (including phenoxy) is 1. The average Bonchev–Trinajstić information content (AvgIpc) is 3.01. The van der Waals surface area contributed by atoms with Crippen LogP contribution in [0.15, 0.2) is 48.7 Å². The zero-order valence-electron chi connectivity index (χ0n) is 15.3. The standard InChI is InChI=1S/C21H25N3O2/c1-15-11-16(2)13-18(12-15)26-10-9-23-21(25)22-8-7-17-14-24-20-6-4-3-5-19(17)20/h3-6,11-14,24H,7-10H2,1-2H3,(H2,22,23,25). The molecule has 0 saturated carbocycles. The van der Waals surface area contributed by atoms with Crippen LogP contribution in [0, 0.1) is 13.8 Å². The van der Waals surface area contributed by atoms with Gasteiger partial charge in [0.25, 0.3) is 0 Å². The predicted octanol–water partition coefficient (Wildman–Crippen LogP) is 3.71. The first-order valence-electron chi connectivity index (χ1n) is 8.89. The number of aromatic nitrogens is 1. The number of carbonyl (C=O) groups excluding carboxylic acids is 1. The third-order valence-corrected chi connectivity index (χ3v) is 4.21. The molecule has 3 rings (SSSR count). The fraction of sp³-hybridized carbons (Fsp3) is 0.286. The first-order chi connectivity index (χ1) is 12.6. The van der Waals surface area contributed by atoms with Crippen LogP contribution in [-0.2, 0) is 6.42 Å². The highest BCUT2D eigenvalue weighted by molar-refractivity contribution is 5.83. The quantitative estimate of drug-likeness (QED) is 0.568. The molecule has 2 amide bonds. The fourth-order valence-corrected chi connectivity index (χ4v) is 3.06. The van der Waals surface area contributed by atoms with Crippen LogP contribution < -0.4 is 15.4 Å². The van der Waals surface area contributed by atoms with Crippen LogP contribution in [0.4, 0.5) is 4.79 Å². The molecule has 0 aliphatic heterocycles. The zero-order valence-corrected chi connectivity index (χ0v) is 15.3. The highest BCUT2D eigenvalue weighted by Crippen LogP contribution is 2.17. The van der Waals surface area contributed by atoms with Crippen molar-refractivity contribution < 1.29 is 9.53 Å². The predicted molar refractivity (Wildman–Crippen MR) is 105 cm³/mol. The summed E-state index contributed by atoms with van der Waals surface area (Å²) in [5.74, 6) is 0.837. The Balaban J connectivity index is 1.35. The van der Waals surface area contributed by atoms with Crippen LogP contribution in [0.3, 0.4) is 0 Å². The molecule has 1 heterocycles. The van der Waals surface area contributed by atoms with Gasteiger partial charge in [0.1, 0.15) is 12.4 Å². The molecule has 0 saturated heterocycles. The lowest BCUT2D eigenvalue weighted by Crippen LogP contribution is -2.38. The van der Waals surface area contributed by atoms with Crippen LogP contribution in [-0.4, -0.2) is 30.7 Å². The number of nitrogens with one attached hydrogen (secondary N) is 3. The Morgan fingerprint density at radius 3 is 2.58 bits per heavy atom. The van der Waals surface area contributed by atoms with Crippen molar-refractivity contribution in [2.24, 2.45) is 0 Å². The summed E-state index contributed by atoms with van der Waals surface area (Å²) >= 11 is 0. The van der Waals surface area contributed by atoms with Gasteiger partial charge >= 0.3 is 6.03 Å². The van der Waals surface area contributed by atoms with Crippen molar-refractivity contribution in [2.75, 3.05) is 19.7 Å². The van der Waals surface area contributed by atoms with E-state index in [9.17, 15) is 4.79 Å². The Hall–Kier alpha value is -2.95. The van der Waals surface area contributed by atoms with Crippen LogP contribution in [0.25, 0.3) is 10.9 Å². The zero-order chi connectivity index (χ0) is 18.4. The Labute approximate surface area is 153 Å². The lowest BCUT2D eigenvalue weighted by atomic mass is 10.1. The lowest BCUT2D eigenvalue weighted by molar-refractivity contribution is 0.236. The van der Waals surface area contributed by atoms with Gasteiger partial charge in [-0.3, -0.25) is 0 Å². The summed E-state index contributed by atoms with van der Waals surface area (Å²) in [5, 5.41) is 6.90. The van der Waals surface area contributed by atoms with Gasteiger partial charge in [-0.2, -0.15) is 0 Å². The minimum Gasteiger partial charge on any atom is -0.492 e. The summed E-state index contributed by atoms with van der Waals surface area (Å²) in [6.07, 6.45) is 2.79. The summed E-state index contributed by atoms with van der Waals surface area (Å²) in [7, 11) is 0. The molecule has 0 unspecified atom stereocenters. The van der Waals surface area contributed by atoms with Crippen molar-refractivity contribution in [3.63, 3.8) is 0 Å². The van der Waals surface area contributed by atoms with Crippen molar-refractivity contribution in [3.05, 3.63) is 65.4 Å². The molecule has 0 spiro atoms. The van der Waals surface area contributed by atoms with E-state index in [1.807, 2.05) is 44.3 Å². The van der Waals surface area contributed by atoms with Gasteiger partial charge in [0.2, 0.25) is 0 Å². The molecule has 3 aromatic rings. The molecule has 26 heavy (non-hydrogen) atoms. The summed E-state index contributed by atoms with van der Waals surface area (Å²) < 4.78 is 5.68. The summed E-state index contributed by atoms with van der Waals surface area (Å²) in [6.45, 7) is 5.58. The number of hydrogen-bond donors (Lipinski definition) is 3. The maximum atomic E-state index is 11.9. The van der Waals surface area contributed by atoms with Gasteiger partial charge in [0, 0.05) is 23.6 Å². The number of hydrogen-bond acceptors (Lipinski definition) is 2. The highest BCUT2D eigenvalue weighted by atomic mass is 16.5. The van der Waals surface area contributed by atoms with Crippen LogP contribution >= 0.6 is 0 Å². The van der Waals surface area contributed by atoms with Gasteiger partial charge in [-0.25, -0.2) is 4.79 Å². The molecule has 2 aromatic carbocycles. The van der Waals surface area contributed by atoms with E-state index < -0.39 is 0 Å². The first kappa shape index (κ1) is 17.9. The summed E-state index contributed by atoms with van der Waals surface area (Å²) in [5.41, 5.74) is 4.67. The van der Waals surface area contributed by atoms with Gasteiger partial charge in [0.15, 0.2) is 0 Å². The molecule has 0 aliphatic rings. The number of fused-ring (bicyclic) bond motifs is 1. The molecule has 0 bridgehead atoms. The van der Waals surface area contributed by atoms with E-state index in [0.29, 0.717) is 19.7 Å². The van der Waals surface area contributed by atoms with E-state index >= 15 is 0 Å². The maximum absolute atomic E-state index is 11.9. The number of carbonyl (C=O) groups is 1. The Kier molecular flexibility index (Phi) is 5.79. The molecule has 3 N–H and O–H groups in total. The van der Waals surface area contributed by atoms with Crippen molar-refractivity contribution in [2.45, 2.75) is 20.3 Å². The van der Waals surface area contributed by atoms with Crippen LogP contribution in [0.1, 0.15) is 16.7 Å². The van der Waals surface area contributed by atoms with Crippen molar-refractivity contribution in [3.8, 4) is 5.75 Å². The van der Waals surface area contributed by atoms with Crippen molar-refractivity contribution in [1.29, 1.82) is 0 Å². The van der Waals surface area contributed by atoms with Gasteiger partial charge in [-0.15, -0.1) is 0 Å². The minimum absolute atomic E-state index is 0.172. The Morgan fingerprint density at radius 2 is 1.77 bits per heavy atom. The third kappa shape index (κ3) is 4.79. The SMILES string of the molecule is Cc1cc(C)cc(OCCNC(=O)NCCc2c[nH]c3ccccc23)c1. The number of amides is 2. The molecule has 0 atom stereocenters. The summed E-state index contributed by atoms with van der Waals surface area (Å²) in [4.78, 5) is 15.1. The Morgan fingerprint density at radius 1 is 1.04 bits per heavy atom. The second kappa shape index (κ2) is 8.43. The molecule has 0 aliphatic carbocycles. The minimum atomic E-state index is -0.172. The normalized spacial score (nSPS) is 10.7. The molecule has 5 nitrogen and oxygen atoms in total. The number of urea groups is 1. The smallest absolute Gasteiger partial charge is 0.314 e. The first-order valence-corrected chi connectivity index (χ1v) is 8.89. The third-order valence-electron chi connectivity index (χ3n) is 4.21. The van der Waals surface area contributed by atoms with Crippen molar-refractivity contribution in [1.82, 2.24) is 15.6 Å². The van der Waals surface area contributed by atoms with Crippen LogP contribution in [0.2, 0.25) is 0 Å². The largest absolute Gasteiger partial charge is 0.492 e. The molecule has 1 aromatic heterocycles. The second-order valence-electron chi connectivity index (χ2n) is 6.46. The van der Waals surface area contributed by atoms with Gasteiger partial charge < -0.3 is 20.4 Å². The maximum Gasteiger partial charge on any atom is 0.314 e. The van der Waals surface area contributed by atoms with E-state index in [-0.39, 0.29) is 6.03 Å². The van der Waals surface area contributed by atoms with Crippen molar-refractivity contribution >= 4 is 16.9 Å². The van der Waals surface area contributed by atoms with E-state index in [1.165, 1.54) is 22.1 Å².